The van der Waals surface area contributed by atoms with E-state index in [0.29, 0.717) is 12.0 Å². The summed E-state index contributed by atoms with van der Waals surface area (Å²) >= 11 is 0. The summed E-state index contributed by atoms with van der Waals surface area (Å²) in [5, 5.41) is 9.44. The first-order chi connectivity index (χ1) is 8.08. The molecule has 1 N–H and O–H groups in total. The van der Waals surface area contributed by atoms with E-state index in [1.165, 1.54) is 18.5 Å². The molecule has 3 heteroatoms. The Labute approximate surface area is 103 Å². The van der Waals surface area contributed by atoms with Gasteiger partial charge in [0, 0.05) is 12.6 Å². The van der Waals surface area contributed by atoms with Crippen molar-refractivity contribution in [2.45, 2.75) is 45.8 Å². The zero-order valence-electron chi connectivity index (χ0n) is 10.9. The summed E-state index contributed by atoms with van der Waals surface area (Å²) in [6.45, 7) is 7.31. The van der Waals surface area contributed by atoms with E-state index in [1.807, 2.05) is 12.3 Å². The second-order valence-electron chi connectivity index (χ2n) is 5.39. The van der Waals surface area contributed by atoms with Gasteiger partial charge in [-0.3, -0.25) is 4.98 Å². The standard InChI is InChI=1S/C14H22N2O/c1-10(2)9-16(12-4-5-12)13-6-7-14(11(3)17)15-8-13/h6-8,10-12,17H,4-5,9H2,1-3H3/t11-/m0/s1. The third-order valence-electron chi connectivity index (χ3n) is 3.08. The molecule has 0 amide bonds. The summed E-state index contributed by atoms with van der Waals surface area (Å²) in [4.78, 5) is 6.77. The molecule has 3 nitrogen and oxygen atoms in total. The first-order valence-corrected chi connectivity index (χ1v) is 6.48. The van der Waals surface area contributed by atoms with Gasteiger partial charge in [-0.15, -0.1) is 0 Å². The molecule has 1 aromatic rings. The van der Waals surface area contributed by atoms with Gasteiger partial charge < -0.3 is 10.0 Å². The van der Waals surface area contributed by atoms with Crippen molar-refractivity contribution in [3.63, 3.8) is 0 Å². The second kappa shape index (κ2) is 5.05. The molecule has 1 aliphatic carbocycles. The number of hydrogen-bond acceptors (Lipinski definition) is 3. The molecule has 0 spiro atoms. The highest BCUT2D eigenvalue weighted by molar-refractivity contribution is 5.47. The lowest BCUT2D eigenvalue weighted by Crippen LogP contribution is -2.29. The molecule has 0 bridgehead atoms. The molecular formula is C14H22N2O. The Kier molecular flexibility index (Phi) is 3.67. The van der Waals surface area contributed by atoms with Crippen LogP contribution in [0.15, 0.2) is 18.3 Å². The fourth-order valence-electron chi connectivity index (χ4n) is 2.06. The topological polar surface area (TPSA) is 36.4 Å². The fourth-order valence-corrected chi connectivity index (χ4v) is 2.06. The summed E-state index contributed by atoms with van der Waals surface area (Å²) < 4.78 is 0. The van der Waals surface area contributed by atoms with E-state index in [2.05, 4.69) is 29.8 Å². The number of aliphatic hydroxyl groups is 1. The van der Waals surface area contributed by atoms with Crippen LogP contribution in [-0.4, -0.2) is 22.7 Å². The van der Waals surface area contributed by atoms with E-state index in [9.17, 15) is 5.11 Å². The minimum Gasteiger partial charge on any atom is -0.387 e. The predicted molar refractivity (Wildman–Crippen MR) is 70.1 cm³/mol. The first-order valence-electron chi connectivity index (χ1n) is 6.48. The van der Waals surface area contributed by atoms with Crippen LogP contribution in [0.1, 0.15) is 45.4 Å². The van der Waals surface area contributed by atoms with E-state index < -0.39 is 6.10 Å². The van der Waals surface area contributed by atoms with Crippen LogP contribution in [0.5, 0.6) is 0 Å². The Bertz CT molecular complexity index is 355. The average molecular weight is 234 g/mol. The number of nitrogens with zero attached hydrogens (tertiary/aromatic N) is 2. The van der Waals surface area contributed by atoms with Crippen molar-refractivity contribution < 1.29 is 5.11 Å². The molecule has 0 saturated heterocycles. The number of pyridine rings is 1. The molecular weight excluding hydrogens is 212 g/mol. The first kappa shape index (κ1) is 12.4. The molecule has 17 heavy (non-hydrogen) atoms. The van der Waals surface area contributed by atoms with Gasteiger partial charge in [-0.2, -0.15) is 0 Å². The second-order valence-corrected chi connectivity index (χ2v) is 5.39. The molecule has 0 aliphatic heterocycles. The fraction of sp³-hybridized carbons (Fsp3) is 0.643. The molecule has 94 valence electrons. The Morgan fingerprint density at radius 1 is 1.35 bits per heavy atom. The van der Waals surface area contributed by atoms with Gasteiger partial charge in [0.15, 0.2) is 0 Å². The zero-order valence-corrected chi connectivity index (χ0v) is 10.9. The van der Waals surface area contributed by atoms with Crippen LogP contribution in [0.2, 0.25) is 0 Å². The Morgan fingerprint density at radius 3 is 2.47 bits per heavy atom. The molecule has 1 fully saturated rings. The molecule has 1 atom stereocenters. The van der Waals surface area contributed by atoms with Crippen molar-refractivity contribution in [2.24, 2.45) is 5.92 Å². The van der Waals surface area contributed by atoms with Gasteiger partial charge in [0.1, 0.15) is 0 Å². The maximum Gasteiger partial charge on any atom is 0.0931 e. The van der Waals surface area contributed by atoms with Crippen LogP contribution in [0, 0.1) is 5.92 Å². The number of aliphatic hydroxyl groups excluding tert-OH is 1. The van der Waals surface area contributed by atoms with Gasteiger partial charge in [-0.25, -0.2) is 0 Å². The van der Waals surface area contributed by atoms with E-state index in [-0.39, 0.29) is 0 Å². The lowest BCUT2D eigenvalue weighted by Gasteiger charge is -2.26. The Balaban J connectivity index is 2.12. The maximum absolute atomic E-state index is 9.44. The van der Waals surface area contributed by atoms with Crippen LogP contribution in [0.25, 0.3) is 0 Å². The van der Waals surface area contributed by atoms with Gasteiger partial charge in [-0.05, 0) is 37.8 Å². The quantitative estimate of drug-likeness (QED) is 0.851. The molecule has 1 heterocycles. The van der Waals surface area contributed by atoms with Crippen molar-refractivity contribution in [1.82, 2.24) is 4.98 Å². The predicted octanol–water partition coefficient (Wildman–Crippen LogP) is 2.76. The van der Waals surface area contributed by atoms with E-state index in [4.69, 9.17) is 0 Å². The highest BCUT2D eigenvalue weighted by atomic mass is 16.3. The lowest BCUT2D eigenvalue weighted by molar-refractivity contribution is 0.194. The number of aromatic nitrogens is 1. The minimum atomic E-state index is -0.483. The van der Waals surface area contributed by atoms with Gasteiger partial charge in [0.05, 0.1) is 23.7 Å². The van der Waals surface area contributed by atoms with Crippen molar-refractivity contribution >= 4 is 5.69 Å². The molecule has 1 aromatic heterocycles. The average Bonchev–Trinajstić information content (AvgIpc) is 3.09. The smallest absolute Gasteiger partial charge is 0.0931 e. The van der Waals surface area contributed by atoms with Gasteiger partial charge in [0.2, 0.25) is 0 Å². The molecule has 0 radical (unpaired) electrons. The van der Waals surface area contributed by atoms with Crippen LogP contribution in [0.3, 0.4) is 0 Å². The van der Waals surface area contributed by atoms with Crippen molar-refractivity contribution in [1.29, 1.82) is 0 Å². The van der Waals surface area contributed by atoms with E-state index in [0.717, 1.165) is 12.2 Å². The van der Waals surface area contributed by atoms with Crippen LogP contribution in [-0.2, 0) is 0 Å². The largest absolute Gasteiger partial charge is 0.387 e. The van der Waals surface area contributed by atoms with Crippen molar-refractivity contribution in [3.8, 4) is 0 Å². The Hall–Kier alpha value is -1.09. The highest BCUT2D eigenvalue weighted by Crippen LogP contribution is 2.32. The molecule has 0 unspecified atom stereocenters. The van der Waals surface area contributed by atoms with Crippen LogP contribution in [0.4, 0.5) is 5.69 Å². The number of rotatable bonds is 5. The Morgan fingerprint density at radius 2 is 2.06 bits per heavy atom. The van der Waals surface area contributed by atoms with Crippen molar-refractivity contribution in [3.05, 3.63) is 24.0 Å². The monoisotopic (exact) mass is 234 g/mol. The van der Waals surface area contributed by atoms with E-state index >= 15 is 0 Å². The SMILES string of the molecule is CC(C)CN(c1ccc([C@H](C)O)nc1)C1CC1. The van der Waals surface area contributed by atoms with Crippen LogP contribution >= 0.6 is 0 Å². The third kappa shape index (κ3) is 3.19. The minimum absolute atomic E-state index is 0.483. The maximum atomic E-state index is 9.44. The summed E-state index contributed by atoms with van der Waals surface area (Å²) in [5.74, 6) is 0.659. The van der Waals surface area contributed by atoms with Gasteiger partial charge in [-0.1, -0.05) is 13.8 Å². The molecule has 1 aliphatic rings. The summed E-state index contributed by atoms with van der Waals surface area (Å²) in [7, 11) is 0. The summed E-state index contributed by atoms with van der Waals surface area (Å²) in [6.07, 6.45) is 4.00. The molecule has 2 rings (SSSR count). The number of anilines is 1. The summed E-state index contributed by atoms with van der Waals surface area (Å²) in [6, 6.07) is 4.71. The van der Waals surface area contributed by atoms with E-state index in [1.54, 1.807) is 6.92 Å². The number of hydrogen-bond donors (Lipinski definition) is 1. The molecule has 0 aromatic carbocycles. The third-order valence-corrected chi connectivity index (χ3v) is 3.08. The van der Waals surface area contributed by atoms with Gasteiger partial charge in [0.25, 0.3) is 0 Å². The summed E-state index contributed by atoms with van der Waals surface area (Å²) in [5.41, 5.74) is 1.93. The van der Waals surface area contributed by atoms with Crippen molar-refractivity contribution in [2.75, 3.05) is 11.4 Å². The van der Waals surface area contributed by atoms with Crippen LogP contribution < -0.4 is 4.90 Å². The zero-order chi connectivity index (χ0) is 12.4. The normalized spacial score (nSPS) is 17.2. The highest BCUT2D eigenvalue weighted by Gasteiger charge is 2.29. The molecule has 1 saturated carbocycles. The lowest BCUT2D eigenvalue weighted by atomic mass is 10.2. The van der Waals surface area contributed by atoms with Gasteiger partial charge >= 0.3 is 0 Å².